The standard InChI is InChI=1S/C22H25N3O5/c1-13(21(26)23-12-14-5-7-15(28-2)8-6-14)24-22(27)17-11-16-18(29-3)9-10-19(30-4)20(16)25-17/h5-11,13,25H,12H2,1-4H3,(H,23,26)(H,24,27)/t13-/m0/s1. The van der Waals surface area contributed by atoms with Gasteiger partial charge in [-0.15, -0.1) is 0 Å². The van der Waals surface area contributed by atoms with Gasteiger partial charge in [-0.25, -0.2) is 0 Å². The molecular weight excluding hydrogens is 386 g/mol. The van der Waals surface area contributed by atoms with Crippen LogP contribution in [0.3, 0.4) is 0 Å². The highest BCUT2D eigenvalue weighted by molar-refractivity contribution is 6.02. The van der Waals surface area contributed by atoms with Crippen molar-refractivity contribution >= 4 is 22.7 Å². The zero-order valence-electron chi connectivity index (χ0n) is 17.4. The normalized spacial score (nSPS) is 11.6. The number of hydrogen-bond donors (Lipinski definition) is 3. The van der Waals surface area contributed by atoms with Crippen molar-refractivity contribution in [1.29, 1.82) is 0 Å². The molecule has 0 saturated heterocycles. The van der Waals surface area contributed by atoms with Gasteiger partial charge in [0.1, 0.15) is 29.0 Å². The quantitative estimate of drug-likeness (QED) is 0.529. The highest BCUT2D eigenvalue weighted by Gasteiger charge is 2.20. The highest BCUT2D eigenvalue weighted by atomic mass is 16.5. The van der Waals surface area contributed by atoms with E-state index < -0.39 is 11.9 Å². The fourth-order valence-electron chi connectivity index (χ4n) is 3.06. The van der Waals surface area contributed by atoms with Crippen LogP contribution < -0.4 is 24.8 Å². The second kappa shape index (κ2) is 9.21. The Hall–Kier alpha value is -3.68. The van der Waals surface area contributed by atoms with Gasteiger partial charge < -0.3 is 29.8 Å². The predicted molar refractivity (Wildman–Crippen MR) is 113 cm³/mol. The SMILES string of the molecule is COc1ccc(CNC(=O)[C@H](C)NC(=O)c2cc3c(OC)ccc(OC)c3[nH]2)cc1. The van der Waals surface area contributed by atoms with Gasteiger partial charge in [-0.2, -0.15) is 0 Å². The number of rotatable bonds is 8. The van der Waals surface area contributed by atoms with E-state index >= 15 is 0 Å². The summed E-state index contributed by atoms with van der Waals surface area (Å²) in [6, 6.07) is 11.9. The minimum absolute atomic E-state index is 0.287. The fourth-order valence-corrected chi connectivity index (χ4v) is 3.06. The van der Waals surface area contributed by atoms with Gasteiger partial charge in [0.25, 0.3) is 5.91 Å². The molecule has 3 N–H and O–H groups in total. The number of H-pyrrole nitrogens is 1. The molecule has 1 heterocycles. The smallest absolute Gasteiger partial charge is 0.268 e. The Kier molecular flexibility index (Phi) is 6.46. The molecule has 0 aliphatic carbocycles. The third-order valence-corrected chi connectivity index (χ3v) is 4.77. The molecule has 1 aromatic heterocycles. The monoisotopic (exact) mass is 411 g/mol. The van der Waals surface area contributed by atoms with Crippen molar-refractivity contribution in [1.82, 2.24) is 15.6 Å². The Morgan fingerprint density at radius 3 is 2.27 bits per heavy atom. The lowest BCUT2D eigenvalue weighted by Crippen LogP contribution is -2.44. The van der Waals surface area contributed by atoms with E-state index in [0.29, 0.717) is 29.3 Å². The summed E-state index contributed by atoms with van der Waals surface area (Å²) in [5, 5.41) is 6.23. The van der Waals surface area contributed by atoms with E-state index in [4.69, 9.17) is 14.2 Å². The van der Waals surface area contributed by atoms with Gasteiger partial charge in [0.05, 0.1) is 26.8 Å². The van der Waals surface area contributed by atoms with Crippen molar-refractivity contribution in [2.45, 2.75) is 19.5 Å². The molecule has 0 aliphatic rings. The molecule has 2 aromatic carbocycles. The lowest BCUT2D eigenvalue weighted by atomic mass is 10.2. The van der Waals surface area contributed by atoms with Crippen LogP contribution in [0.1, 0.15) is 23.0 Å². The maximum Gasteiger partial charge on any atom is 0.268 e. The van der Waals surface area contributed by atoms with Crippen molar-refractivity contribution in [3.63, 3.8) is 0 Å². The maximum absolute atomic E-state index is 12.7. The molecule has 0 saturated carbocycles. The number of nitrogens with one attached hydrogen (secondary N) is 3. The first kappa shape index (κ1) is 21.0. The van der Waals surface area contributed by atoms with Gasteiger partial charge in [0, 0.05) is 11.9 Å². The molecule has 0 aliphatic heterocycles. The molecule has 8 nitrogen and oxygen atoms in total. The van der Waals surface area contributed by atoms with Crippen LogP contribution in [0.4, 0.5) is 0 Å². The van der Waals surface area contributed by atoms with Crippen LogP contribution in [0.5, 0.6) is 17.2 Å². The van der Waals surface area contributed by atoms with Gasteiger partial charge in [-0.05, 0) is 42.8 Å². The van der Waals surface area contributed by atoms with E-state index in [1.807, 2.05) is 24.3 Å². The first-order valence-electron chi connectivity index (χ1n) is 9.42. The molecule has 0 bridgehead atoms. The maximum atomic E-state index is 12.7. The molecule has 0 fully saturated rings. The van der Waals surface area contributed by atoms with Gasteiger partial charge in [-0.1, -0.05) is 12.1 Å². The Balaban J connectivity index is 1.65. The number of carbonyl (C=O) groups excluding carboxylic acids is 2. The van der Waals surface area contributed by atoms with Crippen LogP contribution >= 0.6 is 0 Å². The average molecular weight is 411 g/mol. The van der Waals surface area contributed by atoms with E-state index in [1.54, 1.807) is 46.5 Å². The first-order valence-corrected chi connectivity index (χ1v) is 9.42. The van der Waals surface area contributed by atoms with E-state index in [1.165, 1.54) is 0 Å². The van der Waals surface area contributed by atoms with Crippen molar-refractivity contribution in [3.8, 4) is 17.2 Å². The molecule has 0 radical (unpaired) electrons. The second-order valence-corrected chi connectivity index (χ2v) is 6.70. The van der Waals surface area contributed by atoms with Gasteiger partial charge in [0.2, 0.25) is 5.91 Å². The Labute approximate surface area is 174 Å². The summed E-state index contributed by atoms with van der Waals surface area (Å²) in [5.41, 5.74) is 1.89. The van der Waals surface area contributed by atoms with E-state index in [2.05, 4.69) is 15.6 Å². The molecule has 30 heavy (non-hydrogen) atoms. The number of aromatic amines is 1. The molecule has 1 atom stereocenters. The molecule has 2 amide bonds. The lowest BCUT2D eigenvalue weighted by Gasteiger charge is -2.14. The van der Waals surface area contributed by atoms with Crippen LogP contribution in [-0.2, 0) is 11.3 Å². The Bertz CT molecular complexity index is 1000. The molecule has 8 heteroatoms. The molecule has 0 spiro atoms. The van der Waals surface area contributed by atoms with E-state index in [9.17, 15) is 9.59 Å². The average Bonchev–Trinajstić information content (AvgIpc) is 3.22. The van der Waals surface area contributed by atoms with Gasteiger partial charge >= 0.3 is 0 Å². The number of amides is 2. The fraction of sp³-hybridized carbons (Fsp3) is 0.273. The molecule has 158 valence electrons. The lowest BCUT2D eigenvalue weighted by molar-refractivity contribution is -0.122. The third-order valence-electron chi connectivity index (χ3n) is 4.77. The molecule has 3 rings (SSSR count). The minimum Gasteiger partial charge on any atom is -0.497 e. The van der Waals surface area contributed by atoms with Gasteiger partial charge in [-0.3, -0.25) is 9.59 Å². The second-order valence-electron chi connectivity index (χ2n) is 6.70. The van der Waals surface area contributed by atoms with Crippen LogP contribution in [0, 0.1) is 0 Å². The van der Waals surface area contributed by atoms with Crippen LogP contribution in [0.25, 0.3) is 10.9 Å². The summed E-state index contributed by atoms with van der Waals surface area (Å²) < 4.78 is 15.8. The first-order chi connectivity index (χ1) is 14.5. The van der Waals surface area contributed by atoms with Crippen molar-refractivity contribution in [2.24, 2.45) is 0 Å². The highest BCUT2D eigenvalue weighted by Crippen LogP contribution is 2.33. The summed E-state index contributed by atoms with van der Waals surface area (Å²) in [6.07, 6.45) is 0. The van der Waals surface area contributed by atoms with E-state index in [0.717, 1.165) is 16.7 Å². The van der Waals surface area contributed by atoms with Crippen molar-refractivity contribution in [2.75, 3.05) is 21.3 Å². The topological polar surface area (TPSA) is 102 Å². The largest absolute Gasteiger partial charge is 0.497 e. The number of methoxy groups -OCH3 is 3. The summed E-state index contributed by atoms with van der Waals surface area (Å²) in [4.78, 5) is 28.1. The van der Waals surface area contributed by atoms with Crippen LogP contribution in [0.15, 0.2) is 42.5 Å². The predicted octanol–water partition coefficient (Wildman–Crippen LogP) is 2.63. The minimum atomic E-state index is -0.717. The molecular formula is C22H25N3O5. The van der Waals surface area contributed by atoms with Crippen LogP contribution in [-0.4, -0.2) is 44.2 Å². The summed E-state index contributed by atoms with van der Waals surface area (Å²) >= 11 is 0. The van der Waals surface area contributed by atoms with Gasteiger partial charge in [0.15, 0.2) is 0 Å². The van der Waals surface area contributed by atoms with Crippen molar-refractivity contribution in [3.05, 3.63) is 53.7 Å². The molecule has 0 unspecified atom stereocenters. The van der Waals surface area contributed by atoms with E-state index in [-0.39, 0.29) is 5.91 Å². The Morgan fingerprint density at radius 2 is 1.63 bits per heavy atom. The molecule has 3 aromatic rings. The number of benzene rings is 2. The number of aromatic nitrogens is 1. The van der Waals surface area contributed by atoms with Crippen LogP contribution in [0.2, 0.25) is 0 Å². The Morgan fingerprint density at radius 1 is 0.967 bits per heavy atom. The summed E-state index contributed by atoms with van der Waals surface area (Å²) in [7, 11) is 4.71. The van der Waals surface area contributed by atoms with Crippen molar-refractivity contribution < 1.29 is 23.8 Å². The zero-order valence-corrected chi connectivity index (χ0v) is 17.4. The third kappa shape index (κ3) is 4.48. The number of hydrogen-bond acceptors (Lipinski definition) is 5. The zero-order chi connectivity index (χ0) is 21.7. The number of ether oxygens (including phenoxy) is 3. The number of carbonyl (C=O) groups is 2. The summed E-state index contributed by atoms with van der Waals surface area (Å²) in [5.74, 6) is 1.27. The summed E-state index contributed by atoms with van der Waals surface area (Å²) in [6.45, 7) is 1.98. The number of fused-ring (bicyclic) bond motifs is 1.